The minimum absolute atomic E-state index is 0.114. The van der Waals surface area contributed by atoms with Gasteiger partial charge in [-0.2, -0.15) is 0 Å². The molecule has 11 heteroatoms. The summed E-state index contributed by atoms with van der Waals surface area (Å²) in [6.45, 7) is 0.499. The number of rotatable bonds is 10. The number of methoxy groups -OCH3 is 2. The summed E-state index contributed by atoms with van der Waals surface area (Å²) in [5.41, 5.74) is 1.25. The molecule has 0 fully saturated rings. The van der Waals surface area contributed by atoms with E-state index in [-0.39, 0.29) is 35.2 Å². The average Bonchev–Trinajstić information content (AvgIpc) is 2.85. The second-order valence-corrected chi connectivity index (χ2v) is 10.0. The van der Waals surface area contributed by atoms with E-state index in [1.165, 1.54) is 12.1 Å². The van der Waals surface area contributed by atoms with Crippen molar-refractivity contribution in [1.29, 1.82) is 0 Å². The summed E-state index contributed by atoms with van der Waals surface area (Å²) in [4.78, 5) is 29.4. The van der Waals surface area contributed by atoms with Gasteiger partial charge in [-0.3, -0.25) is 9.59 Å². The van der Waals surface area contributed by atoms with Crippen LogP contribution in [0.1, 0.15) is 17.7 Å². The summed E-state index contributed by atoms with van der Waals surface area (Å²) in [5, 5.41) is 8.01. The summed E-state index contributed by atoms with van der Waals surface area (Å²) in [6.07, 6.45) is 2.01. The number of aromatic nitrogens is 3. The third kappa shape index (κ3) is 6.66. The number of benzene rings is 2. The number of nitrogens with one attached hydrogen (secondary N) is 1. The third-order valence-corrected chi connectivity index (χ3v) is 6.63. The number of aryl methyl sites for hydroxylation is 1. The molecule has 0 atom stereocenters. The Balaban J connectivity index is 1.57. The summed E-state index contributed by atoms with van der Waals surface area (Å²) < 4.78 is 33.7. The maximum atomic E-state index is 12.5. The average molecular weight is 501 g/mol. The van der Waals surface area contributed by atoms with Gasteiger partial charge in [0.25, 0.3) is 5.56 Å². The molecule has 0 aliphatic heterocycles. The zero-order valence-corrected chi connectivity index (χ0v) is 20.9. The lowest BCUT2D eigenvalue weighted by Gasteiger charge is -2.17. The van der Waals surface area contributed by atoms with E-state index in [1.54, 1.807) is 38.3 Å². The van der Waals surface area contributed by atoms with Gasteiger partial charge in [0.2, 0.25) is 5.91 Å². The number of aromatic amines is 1. The monoisotopic (exact) mass is 500 g/mol. The molecule has 186 valence electrons. The molecule has 35 heavy (non-hydrogen) atoms. The fourth-order valence-electron chi connectivity index (χ4n) is 3.39. The fraction of sp³-hybridized carbons (Fsp3) is 0.333. The number of likely N-dealkylation sites (N-methyl/N-ethyl adjacent to an activating group) is 1. The first-order valence-corrected chi connectivity index (χ1v) is 12.7. The lowest BCUT2D eigenvalue weighted by molar-refractivity contribution is -0.129. The van der Waals surface area contributed by atoms with Crippen LogP contribution >= 0.6 is 0 Å². The van der Waals surface area contributed by atoms with Crippen molar-refractivity contribution in [3.8, 4) is 22.9 Å². The second kappa shape index (κ2) is 11.1. The lowest BCUT2D eigenvalue weighted by Crippen LogP contribution is -2.30. The quantitative estimate of drug-likeness (QED) is 0.446. The van der Waals surface area contributed by atoms with Gasteiger partial charge >= 0.3 is 0 Å². The van der Waals surface area contributed by atoms with Crippen LogP contribution in [-0.2, 0) is 27.5 Å². The molecule has 1 heterocycles. The number of hydrogen-bond donors (Lipinski definition) is 1. The van der Waals surface area contributed by atoms with Crippen molar-refractivity contribution in [2.24, 2.45) is 0 Å². The van der Waals surface area contributed by atoms with Crippen LogP contribution in [0.25, 0.3) is 11.4 Å². The van der Waals surface area contributed by atoms with Crippen LogP contribution < -0.4 is 15.0 Å². The minimum Gasteiger partial charge on any atom is -0.493 e. The molecule has 0 aliphatic rings. The number of hydrogen-bond acceptors (Lipinski definition) is 8. The fourth-order valence-corrected chi connectivity index (χ4v) is 4.02. The van der Waals surface area contributed by atoms with Crippen LogP contribution in [0.15, 0.2) is 52.2 Å². The largest absolute Gasteiger partial charge is 0.493 e. The van der Waals surface area contributed by atoms with Crippen molar-refractivity contribution < 1.29 is 22.7 Å². The Hall–Kier alpha value is -3.73. The summed E-state index contributed by atoms with van der Waals surface area (Å²) in [5.74, 6) is 1.37. The van der Waals surface area contributed by atoms with Crippen LogP contribution in [0.2, 0.25) is 0 Å². The van der Waals surface area contributed by atoms with Crippen LogP contribution in [0, 0.1) is 0 Å². The molecule has 0 spiro atoms. The van der Waals surface area contributed by atoms with Gasteiger partial charge in [0.05, 0.1) is 19.1 Å². The van der Waals surface area contributed by atoms with Gasteiger partial charge in [0.15, 0.2) is 27.2 Å². The Morgan fingerprint density at radius 1 is 1.00 bits per heavy atom. The Labute approximate surface area is 203 Å². The second-order valence-electron chi connectivity index (χ2n) is 8.00. The van der Waals surface area contributed by atoms with E-state index in [9.17, 15) is 18.0 Å². The molecule has 0 radical (unpaired) electrons. The predicted octanol–water partition coefficient (Wildman–Crippen LogP) is 1.89. The summed E-state index contributed by atoms with van der Waals surface area (Å²) in [7, 11) is 1.54. The van der Waals surface area contributed by atoms with Crippen LogP contribution in [-0.4, -0.2) is 68.5 Å². The number of carbonyl (C=O) groups excluding carboxylic acids is 1. The van der Waals surface area contributed by atoms with Gasteiger partial charge in [-0.25, -0.2) is 8.42 Å². The zero-order chi connectivity index (χ0) is 25.6. The standard InChI is InChI=1S/C24H28N4O6S/c1-28(14-13-16-5-11-20(33-2)21(15-16)34-3)22(29)12-10-19-24(30)25-23(27-26-19)17-6-8-18(9-7-17)35(4,31)32/h5-9,11,15H,10,12-14H2,1-4H3,(H,25,27,30). The van der Waals surface area contributed by atoms with Crippen molar-refractivity contribution in [1.82, 2.24) is 20.1 Å². The maximum Gasteiger partial charge on any atom is 0.273 e. The highest BCUT2D eigenvalue weighted by Crippen LogP contribution is 2.27. The topological polar surface area (TPSA) is 132 Å². The molecule has 1 N–H and O–H groups in total. The van der Waals surface area contributed by atoms with Crippen LogP contribution in [0.5, 0.6) is 11.5 Å². The SMILES string of the molecule is COc1ccc(CCN(C)C(=O)CCc2nnc(-c3ccc(S(C)(=O)=O)cc3)[nH]c2=O)cc1OC. The van der Waals surface area contributed by atoms with E-state index in [1.807, 2.05) is 18.2 Å². The molecule has 0 unspecified atom stereocenters. The van der Waals surface area contributed by atoms with Crippen LogP contribution in [0.4, 0.5) is 0 Å². The number of carbonyl (C=O) groups is 1. The molecule has 1 amide bonds. The van der Waals surface area contributed by atoms with Gasteiger partial charge in [-0.05, 0) is 48.4 Å². The smallest absolute Gasteiger partial charge is 0.273 e. The number of amides is 1. The Kier molecular flexibility index (Phi) is 8.23. The van der Waals surface area contributed by atoms with Crippen molar-refractivity contribution >= 4 is 15.7 Å². The highest BCUT2D eigenvalue weighted by atomic mass is 32.2. The molecular weight excluding hydrogens is 472 g/mol. The zero-order valence-electron chi connectivity index (χ0n) is 20.1. The lowest BCUT2D eigenvalue weighted by atomic mass is 10.1. The van der Waals surface area contributed by atoms with E-state index >= 15 is 0 Å². The maximum absolute atomic E-state index is 12.5. The molecule has 2 aromatic carbocycles. The molecule has 0 bridgehead atoms. The number of sulfone groups is 1. The van der Waals surface area contributed by atoms with Crippen molar-refractivity contribution in [2.75, 3.05) is 34.1 Å². The van der Waals surface area contributed by atoms with E-state index < -0.39 is 15.4 Å². The van der Waals surface area contributed by atoms with Gasteiger partial charge in [0, 0.05) is 38.3 Å². The van der Waals surface area contributed by atoms with Crippen LogP contribution in [0.3, 0.4) is 0 Å². The van der Waals surface area contributed by atoms with Gasteiger partial charge in [-0.15, -0.1) is 10.2 Å². The first kappa shape index (κ1) is 25.9. The minimum atomic E-state index is -3.32. The number of nitrogens with zero attached hydrogens (tertiary/aromatic N) is 3. The first-order chi connectivity index (χ1) is 16.6. The number of ether oxygens (including phenoxy) is 2. The summed E-state index contributed by atoms with van der Waals surface area (Å²) >= 11 is 0. The first-order valence-electron chi connectivity index (χ1n) is 10.8. The highest BCUT2D eigenvalue weighted by molar-refractivity contribution is 7.90. The van der Waals surface area contributed by atoms with Gasteiger partial charge in [-0.1, -0.05) is 6.07 Å². The van der Waals surface area contributed by atoms with Crippen molar-refractivity contribution in [3.05, 3.63) is 64.1 Å². The normalized spacial score (nSPS) is 11.2. The molecule has 3 aromatic rings. The van der Waals surface area contributed by atoms with E-state index in [0.29, 0.717) is 30.0 Å². The van der Waals surface area contributed by atoms with E-state index in [2.05, 4.69) is 15.2 Å². The molecule has 3 rings (SSSR count). The Bertz CT molecular complexity index is 1350. The highest BCUT2D eigenvalue weighted by Gasteiger charge is 2.14. The molecule has 0 saturated heterocycles. The molecule has 1 aromatic heterocycles. The predicted molar refractivity (Wildman–Crippen MR) is 130 cm³/mol. The van der Waals surface area contributed by atoms with Crippen molar-refractivity contribution in [2.45, 2.75) is 24.2 Å². The molecule has 10 nitrogen and oxygen atoms in total. The van der Waals surface area contributed by atoms with Gasteiger partial charge < -0.3 is 19.4 Å². The van der Waals surface area contributed by atoms with E-state index in [0.717, 1.165) is 11.8 Å². The summed E-state index contributed by atoms with van der Waals surface area (Å²) in [6, 6.07) is 11.6. The Morgan fingerprint density at radius 2 is 1.69 bits per heavy atom. The van der Waals surface area contributed by atoms with E-state index in [4.69, 9.17) is 9.47 Å². The Morgan fingerprint density at radius 3 is 2.29 bits per heavy atom. The number of H-pyrrole nitrogens is 1. The molecule has 0 aliphatic carbocycles. The molecular formula is C24H28N4O6S. The van der Waals surface area contributed by atoms with Crippen molar-refractivity contribution in [3.63, 3.8) is 0 Å². The third-order valence-electron chi connectivity index (χ3n) is 5.51. The van der Waals surface area contributed by atoms with Gasteiger partial charge in [0.1, 0.15) is 5.69 Å². The molecule has 0 saturated carbocycles.